The summed E-state index contributed by atoms with van der Waals surface area (Å²) < 4.78 is 0. The maximum atomic E-state index is 12.2. The Balaban J connectivity index is 1.62. The molecule has 1 aliphatic rings. The first kappa shape index (κ1) is 15.9. The zero-order valence-corrected chi connectivity index (χ0v) is 13.7. The molecular formula is C18H20N4O2. The lowest BCUT2D eigenvalue weighted by Crippen LogP contribution is -2.41. The van der Waals surface area contributed by atoms with E-state index in [0.717, 1.165) is 17.1 Å². The van der Waals surface area contributed by atoms with Crippen molar-refractivity contribution in [2.45, 2.75) is 12.5 Å². The third kappa shape index (κ3) is 3.48. The van der Waals surface area contributed by atoms with Crippen molar-refractivity contribution < 1.29 is 9.59 Å². The van der Waals surface area contributed by atoms with Gasteiger partial charge in [-0.3, -0.25) is 9.59 Å². The average molecular weight is 324 g/mol. The SMILES string of the molecule is CN(C)c1ccc(NC(=O)C[C@H]2Nc3ccccc3NC2=O)cc1. The number of carbonyl (C=O) groups is 2. The molecule has 1 aliphatic heterocycles. The van der Waals surface area contributed by atoms with Gasteiger partial charge >= 0.3 is 0 Å². The van der Waals surface area contributed by atoms with E-state index in [4.69, 9.17) is 0 Å². The van der Waals surface area contributed by atoms with E-state index < -0.39 is 6.04 Å². The molecule has 3 N–H and O–H groups in total. The van der Waals surface area contributed by atoms with Gasteiger partial charge in [0.2, 0.25) is 11.8 Å². The summed E-state index contributed by atoms with van der Waals surface area (Å²) >= 11 is 0. The van der Waals surface area contributed by atoms with Gasteiger partial charge in [0.1, 0.15) is 6.04 Å². The first-order valence-electron chi connectivity index (χ1n) is 7.76. The Morgan fingerprint density at radius 1 is 1.08 bits per heavy atom. The molecule has 2 aromatic rings. The second kappa shape index (κ2) is 6.62. The predicted octanol–water partition coefficient (Wildman–Crippen LogP) is 2.51. The molecule has 1 atom stereocenters. The Morgan fingerprint density at radius 2 is 1.75 bits per heavy atom. The Bertz CT molecular complexity index is 756. The van der Waals surface area contributed by atoms with Gasteiger partial charge in [0, 0.05) is 25.5 Å². The minimum Gasteiger partial charge on any atom is -0.378 e. The van der Waals surface area contributed by atoms with Gasteiger partial charge in [-0.2, -0.15) is 0 Å². The van der Waals surface area contributed by atoms with Crippen LogP contribution < -0.4 is 20.9 Å². The van der Waals surface area contributed by atoms with Crippen LogP contribution in [0.1, 0.15) is 6.42 Å². The van der Waals surface area contributed by atoms with Gasteiger partial charge in [0.15, 0.2) is 0 Å². The van der Waals surface area contributed by atoms with Crippen molar-refractivity contribution in [1.82, 2.24) is 0 Å². The highest BCUT2D eigenvalue weighted by Gasteiger charge is 2.27. The van der Waals surface area contributed by atoms with Gasteiger partial charge in [-0.25, -0.2) is 0 Å². The van der Waals surface area contributed by atoms with E-state index in [0.29, 0.717) is 5.69 Å². The van der Waals surface area contributed by atoms with Gasteiger partial charge in [-0.15, -0.1) is 0 Å². The molecular weight excluding hydrogens is 304 g/mol. The Hall–Kier alpha value is -3.02. The molecule has 24 heavy (non-hydrogen) atoms. The molecule has 6 heteroatoms. The summed E-state index contributed by atoms with van der Waals surface area (Å²) in [6.45, 7) is 0. The van der Waals surface area contributed by atoms with E-state index in [1.807, 2.05) is 67.5 Å². The fourth-order valence-electron chi connectivity index (χ4n) is 2.58. The number of hydrogen-bond acceptors (Lipinski definition) is 4. The normalized spacial score (nSPS) is 15.8. The number of hydrogen-bond donors (Lipinski definition) is 3. The second-order valence-electron chi connectivity index (χ2n) is 5.93. The van der Waals surface area contributed by atoms with Crippen molar-refractivity contribution in [3.8, 4) is 0 Å². The molecule has 0 unspecified atom stereocenters. The van der Waals surface area contributed by atoms with Crippen LogP contribution in [0, 0.1) is 0 Å². The van der Waals surface area contributed by atoms with E-state index in [9.17, 15) is 9.59 Å². The summed E-state index contributed by atoms with van der Waals surface area (Å²) in [7, 11) is 3.91. The minimum absolute atomic E-state index is 0.0651. The van der Waals surface area contributed by atoms with Crippen LogP contribution in [0.5, 0.6) is 0 Å². The first-order valence-corrected chi connectivity index (χ1v) is 7.76. The van der Waals surface area contributed by atoms with E-state index in [1.165, 1.54) is 0 Å². The summed E-state index contributed by atoms with van der Waals surface area (Å²) in [6, 6.07) is 14.4. The molecule has 0 aliphatic carbocycles. The number of rotatable bonds is 4. The quantitative estimate of drug-likeness (QED) is 0.808. The first-order chi connectivity index (χ1) is 11.5. The maximum absolute atomic E-state index is 12.2. The summed E-state index contributed by atoms with van der Waals surface area (Å²) in [4.78, 5) is 26.3. The molecule has 124 valence electrons. The van der Waals surface area contributed by atoms with Crippen LogP contribution in [0.3, 0.4) is 0 Å². The van der Waals surface area contributed by atoms with Crippen molar-refractivity contribution in [1.29, 1.82) is 0 Å². The summed E-state index contributed by atoms with van der Waals surface area (Å²) in [5, 5.41) is 8.74. The number of anilines is 4. The Kier molecular flexibility index (Phi) is 4.37. The average Bonchev–Trinajstić information content (AvgIpc) is 2.56. The van der Waals surface area contributed by atoms with Crippen LogP contribution in [0.4, 0.5) is 22.7 Å². The van der Waals surface area contributed by atoms with Gasteiger partial charge in [0.05, 0.1) is 17.8 Å². The van der Waals surface area contributed by atoms with Gasteiger partial charge in [-0.1, -0.05) is 12.1 Å². The highest BCUT2D eigenvalue weighted by molar-refractivity contribution is 6.06. The van der Waals surface area contributed by atoms with Gasteiger partial charge in [0.25, 0.3) is 0 Å². The monoisotopic (exact) mass is 324 g/mol. The van der Waals surface area contributed by atoms with Crippen LogP contribution in [0.2, 0.25) is 0 Å². The maximum Gasteiger partial charge on any atom is 0.247 e. The number of para-hydroxylation sites is 2. The molecule has 0 saturated heterocycles. The molecule has 6 nitrogen and oxygen atoms in total. The molecule has 0 bridgehead atoms. The Labute approximate surface area is 140 Å². The number of amides is 2. The summed E-state index contributed by atoms with van der Waals surface area (Å²) in [5.41, 5.74) is 3.32. The molecule has 0 saturated carbocycles. The van der Waals surface area contributed by atoms with Crippen LogP contribution in [-0.4, -0.2) is 32.0 Å². The lowest BCUT2D eigenvalue weighted by molar-refractivity contribution is -0.122. The van der Waals surface area contributed by atoms with E-state index >= 15 is 0 Å². The zero-order valence-electron chi connectivity index (χ0n) is 13.7. The fourth-order valence-corrected chi connectivity index (χ4v) is 2.58. The highest BCUT2D eigenvalue weighted by atomic mass is 16.2. The third-order valence-corrected chi connectivity index (χ3v) is 3.89. The molecule has 0 spiro atoms. The van der Waals surface area contributed by atoms with E-state index in [-0.39, 0.29) is 18.2 Å². The molecule has 0 fully saturated rings. The number of benzene rings is 2. The minimum atomic E-state index is -0.582. The fraction of sp³-hybridized carbons (Fsp3) is 0.222. The van der Waals surface area contributed by atoms with Crippen molar-refractivity contribution >= 4 is 34.6 Å². The largest absolute Gasteiger partial charge is 0.378 e. The topological polar surface area (TPSA) is 73.5 Å². The van der Waals surface area contributed by atoms with Gasteiger partial charge < -0.3 is 20.9 Å². The zero-order chi connectivity index (χ0) is 17.1. The van der Waals surface area contributed by atoms with Gasteiger partial charge in [-0.05, 0) is 36.4 Å². The molecule has 2 aromatic carbocycles. The number of nitrogens with one attached hydrogen (secondary N) is 3. The van der Waals surface area contributed by atoms with Crippen LogP contribution >= 0.6 is 0 Å². The molecule has 1 heterocycles. The number of carbonyl (C=O) groups excluding carboxylic acids is 2. The third-order valence-electron chi connectivity index (χ3n) is 3.89. The van der Waals surface area contributed by atoms with Crippen molar-refractivity contribution in [3.05, 3.63) is 48.5 Å². The standard InChI is InChI=1S/C18H20N4O2/c1-22(2)13-9-7-12(8-10-13)19-17(23)11-16-18(24)21-15-6-4-3-5-14(15)20-16/h3-10,16,20H,11H2,1-2H3,(H,19,23)(H,21,24)/t16-/m1/s1. The molecule has 3 rings (SSSR count). The van der Waals surface area contributed by atoms with Crippen molar-refractivity contribution in [3.63, 3.8) is 0 Å². The summed E-state index contributed by atoms with van der Waals surface area (Å²) in [5.74, 6) is -0.411. The predicted molar refractivity (Wildman–Crippen MR) is 96.5 cm³/mol. The number of nitrogens with zero attached hydrogens (tertiary/aromatic N) is 1. The van der Waals surface area contributed by atoms with E-state index in [2.05, 4.69) is 16.0 Å². The molecule has 2 amide bonds. The summed E-state index contributed by atoms with van der Waals surface area (Å²) in [6.07, 6.45) is 0.0651. The van der Waals surface area contributed by atoms with Crippen LogP contribution in [0.15, 0.2) is 48.5 Å². The van der Waals surface area contributed by atoms with Crippen LogP contribution in [-0.2, 0) is 9.59 Å². The highest BCUT2D eigenvalue weighted by Crippen LogP contribution is 2.26. The smallest absolute Gasteiger partial charge is 0.247 e. The molecule has 0 radical (unpaired) electrons. The lowest BCUT2D eigenvalue weighted by Gasteiger charge is -2.26. The van der Waals surface area contributed by atoms with Crippen molar-refractivity contribution in [2.75, 3.05) is 34.9 Å². The van der Waals surface area contributed by atoms with Crippen LogP contribution in [0.25, 0.3) is 0 Å². The van der Waals surface area contributed by atoms with Crippen molar-refractivity contribution in [2.24, 2.45) is 0 Å². The molecule has 0 aromatic heterocycles. The Morgan fingerprint density at radius 3 is 2.42 bits per heavy atom. The lowest BCUT2D eigenvalue weighted by atomic mass is 10.1. The number of fused-ring (bicyclic) bond motifs is 1. The van der Waals surface area contributed by atoms with E-state index in [1.54, 1.807) is 0 Å². The second-order valence-corrected chi connectivity index (χ2v) is 5.93.